The van der Waals surface area contributed by atoms with Gasteiger partial charge in [0.05, 0.1) is 4.47 Å². The lowest BCUT2D eigenvalue weighted by molar-refractivity contribution is -0.116. The summed E-state index contributed by atoms with van der Waals surface area (Å²) in [7, 11) is 0. The van der Waals surface area contributed by atoms with Crippen molar-refractivity contribution in [3.05, 3.63) is 21.9 Å². The van der Waals surface area contributed by atoms with Gasteiger partial charge in [0.25, 0.3) is 0 Å². The first-order valence-corrected chi connectivity index (χ1v) is 4.61. The van der Waals surface area contributed by atoms with Gasteiger partial charge in [0.2, 0.25) is 0 Å². The first-order chi connectivity index (χ1) is 6.43. The summed E-state index contributed by atoms with van der Waals surface area (Å²) in [6.45, 7) is 1.31. The molecule has 76 valence electrons. The summed E-state index contributed by atoms with van der Waals surface area (Å²) in [5.41, 5.74) is 0.0648. The quantitative estimate of drug-likeness (QED) is 0.803. The fourth-order valence-electron chi connectivity index (χ4n) is 1.06. The summed E-state index contributed by atoms with van der Waals surface area (Å²) in [4.78, 5) is 10.8. The molecule has 0 spiro atoms. The molecular formula is C9H8BrFO3. The fraction of sp³-hybridized carbons (Fsp3) is 0.222. The highest BCUT2D eigenvalue weighted by Crippen LogP contribution is 2.36. The van der Waals surface area contributed by atoms with Gasteiger partial charge in [-0.05, 0) is 22.9 Å². The molecule has 0 bridgehead atoms. The van der Waals surface area contributed by atoms with E-state index < -0.39 is 17.3 Å². The zero-order valence-electron chi connectivity index (χ0n) is 7.34. The average Bonchev–Trinajstić information content (AvgIpc) is 2.09. The molecule has 14 heavy (non-hydrogen) atoms. The summed E-state index contributed by atoms with van der Waals surface area (Å²) in [6.07, 6.45) is -0.127. The van der Waals surface area contributed by atoms with E-state index in [4.69, 9.17) is 5.11 Å². The van der Waals surface area contributed by atoms with Crippen molar-refractivity contribution < 1.29 is 19.4 Å². The maximum atomic E-state index is 13.0. The van der Waals surface area contributed by atoms with E-state index in [0.29, 0.717) is 0 Å². The third kappa shape index (κ3) is 2.04. The van der Waals surface area contributed by atoms with Crippen molar-refractivity contribution in [2.75, 3.05) is 0 Å². The molecule has 1 rings (SSSR count). The van der Waals surface area contributed by atoms with Gasteiger partial charge in [-0.25, -0.2) is 4.39 Å². The summed E-state index contributed by atoms with van der Waals surface area (Å²) < 4.78 is 13.0. The molecule has 0 saturated heterocycles. The van der Waals surface area contributed by atoms with Gasteiger partial charge >= 0.3 is 0 Å². The van der Waals surface area contributed by atoms with Gasteiger partial charge < -0.3 is 10.2 Å². The van der Waals surface area contributed by atoms with E-state index in [1.807, 2.05) is 0 Å². The Hall–Kier alpha value is -1.10. The van der Waals surface area contributed by atoms with Crippen molar-refractivity contribution in [1.82, 2.24) is 0 Å². The first-order valence-electron chi connectivity index (χ1n) is 3.81. The van der Waals surface area contributed by atoms with E-state index in [1.54, 1.807) is 0 Å². The van der Waals surface area contributed by atoms with E-state index in [2.05, 4.69) is 15.9 Å². The zero-order chi connectivity index (χ0) is 10.9. The van der Waals surface area contributed by atoms with Crippen LogP contribution in [0.25, 0.3) is 0 Å². The van der Waals surface area contributed by atoms with Crippen LogP contribution < -0.4 is 0 Å². The van der Waals surface area contributed by atoms with Crippen LogP contribution in [0.5, 0.6) is 11.5 Å². The smallest absolute Gasteiger partial charge is 0.162 e. The summed E-state index contributed by atoms with van der Waals surface area (Å²) >= 11 is 2.90. The second-order valence-electron chi connectivity index (χ2n) is 2.90. The van der Waals surface area contributed by atoms with Crippen molar-refractivity contribution in [2.24, 2.45) is 0 Å². The predicted molar refractivity (Wildman–Crippen MR) is 51.8 cm³/mol. The van der Waals surface area contributed by atoms with Crippen LogP contribution in [0.2, 0.25) is 0 Å². The van der Waals surface area contributed by atoms with E-state index in [1.165, 1.54) is 6.92 Å². The molecule has 0 heterocycles. The maximum Gasteiger partial charge on any atom is 0.162 e. The predicted octanol–water partition coefficient (Wildman–Crippen LogP) is 2.13. The number of rotatable bonds is 2. The number of hydrogen-bond donors (Lipinski definition) is 2. The minimum absolute atomic E-state index is 0.00278. The van der Waals surface area contributed by atoms with Crippen LogP contribution in [0.1, 0.15) is 12.5 Å². The number of carbonyl (C=O) groups excluding carboxylic acids is 1. The minimum atomic E-state index is -0.712. The highest BCUT2D eigenvalue weighted by atomic mass is 79.9. The molecule has 0 aliphatic heterocycles. The number of aromatic hydroxyl groups is 2. The van der Waals surface area contributed by atoms with Gasteiger partial charge in [-0.2, -0.15) is 0 Å². The zero-order valence-corrected chi connectivity index (χ0v) is 8.93. The number of Topliss-reactive ketones (excluding diaryl/α,β-unsaturated/α-hetero) is 1. The molecule has 0 radical (unpaired) electrons. The standard InChI is InChI=1S/C9H8BrFO3/c1-4(12)2-5-8(10)6(11)3-7(13)9(5)14/h3,13-14H,2H2,1H3. The molecular weight excluding hydrogens is 255 g/mol. The van der Waals surface area contributed by atoms with Crippen molar-refractivity contribution in [3.8, 4) is 11.5 Å². The number of halogens is 2. The van der Waals surface area contributed by atoms with E-state index in [0.717, 1.165) is 6.07 Å². The van der Waals surface area contributed by atoms with Crippen LogP contribution in [0, 0.1) is 5.82 Å². The molecule has 1 aromatic carbocycles. The van der Waals surface area contributed by atoms with E-state index in [9.17, 15) is 14.3 Å². The van der Waals surface area contributed by atoms with E-state index in [-0.39, 0.29) is 22.2 Å². The van der Waals surface area contributed by atoms with Crippen LogP contribution in [0.15, 0.2) is 10.5 Å². The largest absolute Gasteiger partial charge is 0.504 e. The average molecular weight is 263 g/mol. The molecule has 1 aromatic rings. The Morgan fingerprint density at radius 1 is 1.57 bits per heavy atom. The van der Waals surface area contributed by atoms with Crippen LogP contribution in [-0.2, 0) is 11.2 Å². The number of carbonyl (C=O) groups is 1. The van der Waals surface area contributed by atoms with Crippen molar-refractivity contribution in [2.45, 2.75) is 13.3 Å². The number of phenols is 2. The van der Waals surface area contributed by atoms with Crippen LogP contribution >= 0.6 is 15.9 Å². The van der Waals surface area contributed by atoms with Crippen LogP contribution in [0.3, 0.4) is 0 Å². The minimum Gasteiger partial charge on any atom is -0.504 e. The summed E-state index contributed by atoms with van der Waals surface area (Å²) in [5.74, 6) is -1.97. The molecule has 0 fully saturated rings. The summed E-state index contributed by atoms with van der Waals surface area (Å²) in [6, 6.07) is 0.781. The van der Waals surface area contributed by atoms with Crippen molar-refractivity contribution >= 4 is 21.7 Å². The van der Waals surface area contributed by atoms with Crippen molar-refractivity contribution in [3.63, 3.8) is 0 Å². The molecule has 0 unspecified atom stereocenters. The topological polar surface area (TPSA) is 57.5 Å². The lowest BCUT2D eigenvalue weighted by Crippen LogP contribution is -1.99. The molecule has 0 amide bonds. The number of benzene rings is 1. The Kier molecular flexibility index (Phi) is 3.10. The molecule has 0 aliphatic rings. The Labute approximate surface area is 88.3 Å². The lowest BCUT2D eigenvalue weighted by Gasteiger charge is -2.07. The second kappa shape index (κ2) is 3.96. The lowest BCUT2D eigenvalue weighted by atomic mass is 10.1. The molecule has 0 saturated carbocycles. The van der Waals surface area contributed by atoms with Gasteiger partial charge in [-0.1, -0.05) is 0 Å². The van der Waals surface area contributed by atoms with Gasteiger partial charge in [-0.15, -0.1) is 0 Å². The molecule has 0 aromatic heterocycles. The maximum absolute atomic E-state index is 13.0. The highest BCUT2D eigenvalue weighted by Gasteiger charge is 2.16. The first kappa shape index (κ1) is 11.0. The van der Waals surface area contributed by atoms with Crippen molar-refractivity contribution in [1.29, 1.82) is 0 Å². The molecule has 0 aliphatic carbocycles. The van der Waals surface area contributed by atoms with Crippen LogP contribution in [0.4, 0.5) is 4.39 Å². The molecule has 2 N–H and O–H groups in total. The second-order valence-corrected chi connectivity index (χ2v) is 3.69. The third-order valence-electron chi connectivity index (χ3n) is 1.69. The van der Waals surface area contributed by atoms with Gasteiger partial charge in [-0.3, -0.25) is 4.79 Å². The normalized spacial score (nSPS) is 10.2. The Bertz CT molecular complexity index is 364. The third-order valence-corrected chi connectivity index (χ3v) is 2.55. The number of phenolic OH excluding ortho intramolecular Hbond substituents is 2. The van der Waals surface area contributed by atoms with Crippen LogP contribution in [-0.4, -0.2) is 16.0 Å². The van der Waals surface area contributed by atoms with E-state index >= 15 is 0 Å². The fourth-order valence-corrected chi connectivity index (χ4v) is 1.51. The SMILES string of the molecule is CC(=O)Cc1c(O)c(O)cc(F)c1Br. The molecule has 0 atom stereocenters. The Balaban J connectivity index is 3.31. The Morgan fingerprint density at radius 2 is 2.14 bits per heavy atom. The highest BCUT2D eigenvalue weighted by molar-refractivity contribution is 9.10. The van der Waals surface area contributed by atoms with Gasteiger partial charge in [0.1, 0.15) is 11.6 Å². The van der Waals surface area contributed by atoms with Gasteiger partial charge in [0, 0.05) is 18.1 Å². The Morgan fingerprint density at radius 3 is 2.64 bits per heavy atom. The number of ketones is 1. The van der Waals surface area contributed by atoms with Gasteiger partial charge in [0.15, 0.2) is 11.5 Å². The number of hydrogen-bond acceptors (Lipinski definition) is 3. The monoisotopic (exact) mass is 262 g/mol. The molecule has 5 heteroatoms. The molecule has 3 nitrogen and oxygen atoms in total. The summed E-state index contributed by atoms with van der Waals surface area (Å²) in [5, 5.41) is 18.4.